The fourth-order valence-electron chi connectivity index (χ4n) is 2.18. The summed E-state index contributed by atoms with van der Waals surface area (Å²) in [4.78, 5) is 0. The van der Waals surface area contributed by atoms with E-state index in [0.29, 0.717) is 0 Å². The van der Waals surface area contributed by atoms with Crippen LogP contribution in [0, 0.1) is 6.92 Å². The molecule has 0 saturated heterocycles. The number of hydrogen-bond donors (Lipinski definition) is 0. The molecule has 0 radical (unpaired) electrons. The van der Waals surface area contributed by atoms with E-state index in [9.17, 15) is 0 Å². The third-order valence-corrected chi connectivity index (χ3v) is 3.11. The topological polar surface area (TPSA) is 11.3 Å². The summed E-state index contributed by atoms with van der Waals surface area (Å²) in [5, 5.41) is 0. The zero-order valence-electron chi connectivity index (χ0n) is 10.8. The SMILES string of the molecule is Cc1ccc(-c2ccccc2)c(-c2ccccc2)[o+]1. The average molecular weight is 247 g/mol. The molecule has 0 spiro atoms. The summed E-state index contributed by atoms with van der Waals surface area (Å²) in [6.07, 6.45) is 0. The van der Waals surface area contributed by atoms with Gasteiger partial charge >= 0.3 is 11.5 Å². The van der Waals surface area contributed by atoms with Gasteiger partial charge in [-0.2, -0.15) is 0 Å². The van der Waals surface area contributed by atoms with Crippen LogP contribution in [0.5, 0.6) is 0 Å². The van der Waals surface area contributed by atoms with Gasteiger partial charge in [-0.05, 0) is 23.8 Å². The van der Waals surface area contributed by atoms with E-state index in [0.717, 1.165) is 22.6 Å². The van der Waals surface area contributed by atoms with Crippen LogP contribution in [0.3, 0.4) is 0 Å². The zero-order chi connectivity index (χ0) is 13.1. The van der Waals surface area contributed by atoms with Crippen molar-refractivity contribution in [3.8, 4) is 22.5 Å². The van der Waals surface area contributed by atoms with Gasteiger partial charge in [-0.1, -0.05) is 48.5 Å². The predicted octanol–water partition coefficient (Wildman–Crippen LogP) is 5.20. The Labute approximate surface area is 113 Å². The van der Waals surface area contributed by atoms with Gasteiger partial charge in [-0.3, -0.25) is 0 Å². The molecule has 0 N–H and O–H groups in total. The highest BCUT2D eigenvalue weighted by atomic mass is 16.3. The fraction of sp³-hybridized carbons (Fsp3) is 0.0556. The van der Waals surface area contributed by atoms with Crippen LogP contribution in [-0.4, -0.2) is 0 Å². The van der Waals surface area contributed by atoms with E-state index in [-0.39, 0.29) is 0 Å². The molecule has 1 nitrogen and oxygen atoms in total. The van der Waals surface area contributed by atoms with Gasteiger partial charge < -0.3 is 0 Å². The lowest BCUT2D eigenvalue weighted by molar-refractivity contribution is 0.533. The molecule has 1 heteroatoms. The molecule has 92 valence electrons. The van der Waals surface area contributed by atoms with E-state index in [4.69, 9.17) is 4.42 Å². The Morgan fingerprint density at radius 3 is 1.84 bits per heavy atom. The van der Waals surface area contributed by atoms with Crippen LogP contribution in [0.25, 0.3) is 22.5 Å². The minimum atomic E-state index is 0.915. The van der Waals surface area contributed by atoms with Gasteiger partial charge in [0.05, 0.1) is 18.1 Å². The van der Waals surface area contributed by atoms with Crippen molar-refractivity contribution in [3.05, 3.63) is 78.6 Å². The Bertz CT molecular complexity index is 673. The van der Waals surface area contributed by atoms with Gasteiger partial charge in [0.2, 0.25) is 0 Å². The lowest BCUT2D eigenvalue weighted by atomic mass is 10.0. The molecule has 0 bridgehead atoms. The molecule has 0 amide bonds. The van der Waals surface area contributed by atoms with Crippen LogP contribution in [0.4, 0.5) is 0 Å². The van der Waals surface area contributed by atoms with Crippen LogP contribution >= 0.6 is 0 Å². The van der Waals surface area contributed by atoms with Crippen molar-refractivity contribution in [2.75, 3.05) is 0 Å². The molecule has 3 rings (SSSR count). The second-order valence-electron chi connectivity index (χ2n) is 4.52. The minimum Gasteiger partial charge on any atom is -0.212 e. The summed E-state index contributed by atoms with van der Waals surface area (Å²) >= 11 is 0. The second-order valence-corrected chi connectivity index (χ2v) is 4.52. The summed E-state index contributed by atoms with van der Waals surface area (Å²) in [5.41, 5.74) is 3.40. The molecule has 0 atom stereocenters. The fourth-order valence-corrected chi connectivity index (χ4v) is 2.18. The maximum atomic E-state index is 5.95. The first-order valence-corrected chi connectivity index (χ1v) is 6.39. The van der Waals surface area contributed by atoms with E-state index < -0.39 is 0 Å². The van der Waals surface area contributed by atoms with Gasteiger partial charge in [0.1, 0.15) is 0 Å². The van der Waals surface area contributed by atoms with Crippen LogP contribution in [-0.2, 0) is 0 Å². The number of aryl methyl sites for hydroxylation is 1. The Hall–Kier alpha value is -2.41. The zero-order valence-corrected chi connectivity index (χ0v) is 10.8. The van der Waals surface area contributed by atoms with Crippen LogP contribution in [0.2, 0.25) is 0 Å². The first kappa shape index (κ1) is 11.7. The average Bonchev–Trinajstić information content (AvgIpc) is 2.49. The van der Waals surface area contributed by atoms with Crippen molar-refractivity contribution in [1.82, 2.24) is 0 Å². The van der Waals surface area contributed by atoms with Gasteiger partial charge in [0.25, 0.3) is 0 Å². The lowest BCUT2D eigenvalue weighted by Gasteiger charge is -2.01. The molecule has 1 aromatic heterocycles. The molecule has 0 saturated carbocycles. The van der Waals surface area contributed by atoms with Crippen molar-refractivity contribution < 1.29 is 4.42 Å². The number of benzene rings is 2. The van der Waals surface area contributed by atoms with E-state index in [1.807, 2.05) is 49.4 Å². The molecule has 19 heavy (non-hydrogen) atoms. The van der Waals surface area contributed by atoms with Gasteiger partial charge in [-0.15, -0.1) is 0 Å². The third kappa shape index (κ3) is 2.41. The molecule has 2 aromatic carbocycles. The Morgan fingerprint density at radius 1 is 0.632 bits per heavy atom. The highest BCUT2D eigenvalue weighted by Crippen LogP contribution is 2.32. The standard InChI is InChI=1S/C18H15O/c1-14-12-13-17(15-8-4-2-5-9-15)18(19-14)16-10-6-3-7-11-16/h2-13H,1H3/q+1. The van der Waals surface area contributed by atoms with Crippen LogP contribution in [0.15, 0.2) is 77.2 Å². The highest BCUT2D eigenvalue weighted by Gasteiger charge is 2.20. The molecule has 0 aliphatic heterocycles. The maximum absolute atomic E-state index is 5.95. The number of rotatable bonds is 2. The van der Waals surface area contributed by atoms with E-state index >= 15 is 0 Å². The predicted molar refractivity (Wildman–Crippen MR) is 78.7 cm³/mol. The van der Waals surface area contributed by atoms with Gasteiger partial charge in [0, 0.05) is 6.07 Å². The van der Waals surface area contributed by atoms with Crippen molar-refractivity contribution in [2.24, 2.45) is 0 Å². The number of hydrogen-bond acceptors (Lipinski definition) is 0. The molecule has 0 unspecified atom stereocenters. The van der Waals surface area contributed by atoms with E-state index in [2.05, 4.69) is 30.3 Å². The quantitative estimate of drug-likeness (QED) is 0.566. The van der Waals surface area contributed by atoms with Crippen molar-refractivity contribution >= 4 is 0 Å². The van der Waals surface area contributed by atoms with Crippen molar-refractivity contribution in [1.29, 1.82) is 0 Å². The largest absolute Gasteiger partial charge is 0.367 e. The normalized spacial score (nSPS) is 10.4. The summed E-state index contributed by atoms with van der Waals surface area (Å²) < 4.78 is 5.95. The minimum absolute atomic E-state index is 0.915. The summed E-state index contributed by atoms with van der Waals surface area (Å²) in [6.45, 7) is 1.97. The smallest absolute Gasteiger partial charge is 0.212 e. The molecular weight excluding hydrogens is 232 g/mol. The second kappa shape index (κ2) is 5.07. The molecular formula is C18H15O+. The Balaban J connectivity index is 2.21. The first-order chi connectivity index (χ1) is 9.34. The molecule has 0 aliphatic carbocycles. The molecule has 0 aliphatic rings. The molecule has 1 heterocycles. The Morgan fingerprint density at radius 2 is 1.21 bits per heavy atom. The Kier molecular flexibility index (Phi) is 3.11. The summed E-state index contributed by atoms with van der Waals surface area (Å²) in [5.74, 6) is 1.84. The maximum Gasteiger partial charge on any atom is 0.367 e. The van der Waals surface area contributed by atoms with Crippen LogP contribution < -0.4 is 0 Å². The van der Waals surface area contributed by atoms with E-state index in [1.54, 1.807) is 0 Å². The summed E-state index contributed by atoms with van der Waals surface area (Å²) in [7, 11) is 0. The van der Waals surface area contributed by atoms with Gasteiger partial charge in [0.15, 0.2) is 0 Å². The first-order valence-electron chi connectivity index (χ1n) is 6.39. The lowest BCUT2D eigenvalue weighted by Crippen LogP contribution is -1.86. The monoisotopic (exact) mass is 247 g/mol. The van der Waals surface area contributed by atoms with Crippen molar-refractivity contribution in [3.63, 3.8) is 0 Å². The summed E-state index contributed by atoms with van der Waals surface area (Å²) in [6, 6.07) is 24.7. The molecule has 3 aromatic rings. The third-order valence-electron chi connectivity index (χ3n) is 3.11. The van der Waals surface area contributed by atoms with Crippen molar-refractivity contribution in [2.45, 2.75) is 6.92 Å². The highest BCUT2D eigenvalue weighted by molar-refractivity contribution is 5.79. The molecule has 0 fully saturated rings. The van der Waals surface area contributed by atoms with Gasteiger partial charge in [-0.25, -0.2) is 4.42 Å². The van der Waals surface area contributed by atoms with E-state index in [1.165, 1.54) is 5.56 Å². The van der Waals surface area contributed by atoms with Crippen LogP contribution in [0.1, 0.15) is 5.76 Å².